The number of nitrogens with zero attached hydrogens (tertiary/aromatic N) is 1. The summed E-state index contributed by atoms with van der Waals surface area (Å²) in [5.74, 6) is -0.149. The van der Waals surface area contributed by atoms with Crippen molar-refractivity contribution in [1.82, 2.24) is 4.98 Å². The summed E-state index contributed by atoms with van der Waals surface area (Å²) in [4.78, 5) is 4.35. The average Bonchev–Trinajstić information content (AvgIpc) is 2.42. The summed E-state index contributed by atoms with van der Waals surface area (Å²) < 4.78 is 13.0. The highest BCUT2D eigenvalue weighted by molar-refractivity contribution is 5.97. The average molecular weight is 253 g/mol. The summed E-state index contributed by atoms with van der Waals surface area (Å²) >= 11 is 0. The molecule has 0 amide bonds. The van der Waals surface area contributed by atoms with E-state index in [0.717, 1.165) is 16.5 Å². The largest absolute Gasteiger partial charge is 0.505 e. The number of aromatic nitrogens is 1. The fourth-order valence-corrected chi connectivity index (χ4v) is 2.23. The maximum atomic E-state index is 13.0. The number of halogens is 1. The van der Waals surface area contributed by atoms with Gasteiger partial charge in [0.1, 0.15) is 11.6 Å². The van der Waals surface area contributed by atoms with Gasteiger partial charge in [-0.1, -0.05) is 30.3 Å². The Bertz CT molecular complexity index is 751. The van der Waals surface area contributed by atoms with Gasteiger partial charge in [0.25, 0.3) is 0 Å². The van der Waals surface area contributed by atoms with Gasteiger partial charge in [0.05, 0.1) is 11.2 Å². The van der Waals surface area contributed by atoms with Crippen LogP contribution in [-0.2, 0) is 0 Å². The van der Waals surface area contributed by atoms with Crippen LogP contribution in [0.15, 0.2) is 48.5 Å². The summed E-state index contributed by atoms with van der Waals surface area (Å²) in [6, 6.07) is 13.7. The lowest BCUT2D eigenvalue weighted by atomic mass is 9.99. The summed E-state index contributed by atoms with van der Waals surface area (Å²) in [6.45, 7) is 1.76. The van der Waals surface area contributed by atoms with E-state index in [1.165, 1.54) is 12.1 Å². The Labute approximate surface area is 110 Å². The molecule has 0 aliphatic rings. The third kappa shape index (κ3) is 1.93. The Kier molecular flexibility index (Phi) is 2.67. The quantitative estimate of drug-likeness (QED) is 0.709. The fraction of sp³-hybridized carbons (Fsp3) is 0.0625. The molecule has 94 valence electrons. The van der Waals surface area contributed by atoms with Crippen molar-refractivity contribution in [3.05, 3.63) is 60.0 Å². The van der Waals surface area contributed by atoms with E-state index in [9.17, 15) is 9.50 Å². The smallest absolute Gasteiger partial charge is 0.145 e. The van der Waals surface area contributed by atoms with Crippen LogP contribution in [0.4, 0.5) is 4.39 Å². The van der Waals surface area contributed by atoms with E-state index in [1.807, 2.05) is 24.3 Å². The van der Waals surface area contributed by atoms with Crippen LogP contribution in [-0.4, -0.2) is 10.1 Å². The van der Waals surface area contributed by atoms with Crippen LogP contribution >= 0.6 is 0 Å². The summed E-state index contributed by atoms with van der Waals surface area (Å²) in [7, 11) is 0. The molecular weight excluding hydrogens is 241 g/mol. The number of aromatic hydroxyl groups is 1. The van der Waals surface area contributed by atoms with Gasteiger partial charge in [-0.25, -0.2) is 9.37 Å². The SMILES string of the molecule is Cc1nc2ccccc2c(-c2ccc(F)cc2)c1O. The first kappa shape index (κ1) is 11.7. The molecule has 0 aliphatic heterocycles. The second-order valence-electron chi connectivity index (χ2n) is 4.44. The fourth-order valence-electron chi connectivity index (χ4n) is 2.23. The standard InChI is InChI=1S/C16H12FNO/c1-10-16(19)15(11-6-8-12(17)9-7-11)13-4-2-3-5-14(13)18-10/h2-9,19H,1H3. The Balaban J connectivity index is 2.38. The lowest BCUT2D eigenvalue weighted by Gasteiger charge is -2.11. The molecule has 0 atom stereocenters. The van der Waals surface area contributed by atoms with Crippen LogP contribution < -0.4 is 0 Å². The van der Waals surface area contributed by atoms with Gasteiger partial charge in [-0.05, 0) is 30.7 Å². The molecule has 0 unspecified atom stereocenters. The molecule has 0 bridgehead atoms. The molecule has 0 radical (unpaired) electrons. The van der Waals surface area contributed by atoms with Crippen molar-refractivity contribution in [3.8, 4) is 16.9 Å². The normalized spacial score (nSPS) is 10.8. The number of pyridine rings is 1. The van der Waals surface area contributed by atoms with E-state index in [4.69, 9.17) is 0 Å². The Morgan fingerprint density at radius 2 is 1.68 bits per heavy atom. The number of hydrogen-bond acceptors (Lipinski definition) is 2. The van der Waals surface area contributed by atoms with Crippen LogP contribution in [0.25, 0.3) is 22.0 Å². The third-order valence-corrected chi connectivity index (χ3v) is 3.17. The Morgan fingerprint density at radius 1 is 1.00 bits per heavy atom. The molecule has 1 heterocycles. The van der Waals surface area contributed by atoms with E-state index in [1.54, 1.807) is 19.1 Å². The molecule has 1 N–H and O–H groups in total. The maximum Gasteiger partial charge on any atom is 0.145 e. The first-order chi connectivity index (χ1) is 9.16. The van der Waals surface area contributed by atoms with Crippen molar-refractivity contribution >= 4 is 10.9 Å². The van der Waals surface area contributed by atoms with Crippen molar-refractivity contribution in [3.63, 3.8) is 0 Å². The number of fused-ring (bicyclic) bond motifs is 1. The number of para-hydroxylation sites is 1. The Morgan fingerprint density at radius 3 is 2.42 bits per heavy atom. The lowest BCUT2D eigenvalue weighted by molar-refractivity contribution is 0.471. The Hall–Kier alpha value is -2.42. The van der Waals surface area contributed by atoms with Crippen LogP contribution in [0.5, 0.6) is 5.75 Å². The molecule has 0 saturated heterocycles. The molecular formula is C16H12FNO. The van der Waals surface area contributed by atoms with Crippen LogP contribution in [0.3, 0.4) is 0 Å². The molecule has 19 heavy (non-hydrogen) atoms. The van der Waals surface area contributed by atoms with Gasteiger partial charge < -0.3 is 5.11 Å². The van der Waals surface area contributed by atoms with Crippen molar-refractivity contribution in [2.75, 3.05) is 0 Å². The third-order valence-electron chi connectivity index (χ3n) is 3.17. The van der Waals surface area contributed by atoms with Crippen molar-refractivity contribution < 1.29 is 9.50 Å². The van der Waals surface area contributed by atoms with Gasteiger partial charge in [0, 0.05) is 10.9 Å². The molecule has 3 heteroatoms. The predicted molar refractivity (Wildman–Crippen MR) is 73.5 cm³/mol. The van der Waals surface area contributed by atoms with E-state index >= 15 is 0 Å². The monoisotopic (exact) mass is 253 g/mol. The zero-order valence-corrected chi connectivity index (χ0v) is 10.4. The topological polar surface area (TPSA) is 33.1 Å². The maximum absolute atomic E-state index is 13.0. The van der Waals surface area contributed by atoms with Gasteiger partial charge in [0.15, 0.2) is 0 Å². The van der Waals surface area contributed by atoms with E-state index in [-0.39, 0.29) is 11.6 Å². The number of benzene rings is 2. The molecule has 2 aromatic carbocycles. The number of rotatable bonds is 1. The highest BCUT2D eigenvalue weighted by Crippen LogP contribution is 2.37. The zero-order chi connectivity index (χ0) is 13.4. The minimum absolute atomic E-state index is 0.144. The van der Waals surface area contributed by atoms with Gasteiger partial charge in [-0.3, -0.25) is 0 Å². The highest BCUT2D eigenvalue weighted by atomic mass is 19.1. The number of hydrogen-bond donors (Lipinski definition) is 1. The molecule has 0 fully saturated rings. The minimum atomic E-state index is -0.293. The second kappa shape index (κ2) is 4.35. The van der Waals surface area contributed by atoms with Crippen LogP contribution in [0, 0.1) is 12.7 Å². The van der Waals surface area contributed by atoms with Gasteiger partial charge in [0.2, 0.25) is 0 Å². The molecule has 0 saturated carbocycles. The van der Waals surface area contributed by atoms with Gasteiger partial charge in [-0.15, -0.1) is 0 Å². The summed E-state index contributed by atoms with van der Waals surface area (Å²) in [5.41, 5.74) is 2.86. The van der Waals surface area contributed by atoms with E-state index in [2.05, 4.69) is 4.98 Å². The molecule has 3 rings (SSSR count). The number of aryl methyl sites for hydroxylation is 1. The van der Waals surface area contributed by atoms with Crippen molar-refractivity contribution in [1.29, 1.82) is 0 Å². The van der Waals surface area contributed by atoms with E-state index in [0.29, 0.717) is 11.3 Å². The highest BCUT2D eigenvalue weighted by Gasteiger charge is 2.13. The van der Waals surface area contributed by atoms with Crippen molar-refractivity contribution in [2.24, 2.45) is 0 Å². The van der Waals surface area contributed by atoms with Crippen LogP contribution in [0.2, 0.25) is 0 Å². The molecule has 2 nitrogen and oxygen atoms in total. The molecule has 3 aromatic rings. The van der Waals surface area contributed by atoms with Crippen LogP contribution in [0.1, 0.15) is 5.69 Å². The summed E-state index contributed by atoms with van der Waals surface area (Å²) in [5, 5.41) is 11.1. The minimum Gasteiger partial charge on any atom is -0.505 e. The second-order valence-corrected chi connectivity index (χ2v) is 4.44. The zero-order valence-electron chi connectivity index (χ0n) is 10.4. The van der Waals surface area contributed by atoms with Gasteiger partial charge >= 0.3 is 0 Å². The lowest BCUT2D eigenvalue weighted by Crippen LogP contribution is -1.90. The van der Waals surface area contributed by atoms with Crippen molar-refractivity contribution in [2.45, 2.75) is 6.92 Å². The first-order valence-corrected chi connectivity index (χ1v) is 6.01. The summed E-state index contributed by atoms with van der Waals surface area (Å²) in [6.07, 6.45) is 0. The predicted octanol–water partition coefficient (Wildman–Crippen LogP) is 4.05. The first-order valence-electron chi connectivity index (χ1n) is 6.01. The molecule has 1 aromatic heterocycles. The van der Waals surface area contributed by atoms with E-state index < -0.39 is 0 Å². The molecule has 0 spiro atoms. The van der Waals surface area contributed by atoms with Gasteiger partial charge in [-0.2, -0.15) is 0 Å². The molecule has 0 aliphatic carbocycles.